The number of Topliss-reactive ketones (excluding diaryl/α,β-unsaturated/α-hetero) is 1. The minimum atomic E-state index is -0.591. The largest absolute Gasteiger partial charge is 0.373 e. The minimum Gasteiger partial charge on any atom is -0.373 e. The topological polar surface area (TPSA) is 42.0 Å². The van der Waals surface area contributed by atoms with Gasteiger partial charge in [-0.15, -0.1) is 6.58 Å². The molecule has 1 aromatic heterocycles. The molecule has 5 rings (SSSR count). The molecule has 2 aliphatic rings. The van der Waals surface area contributed by atoms with Crippen molar-refractivity contribution in [2.24, 2.45) is 0 Å². The van der Waals surface area contributed by atoms with Gasteiger partial charge in [-0.05, 0) is 92.5 Å². The average molecular weight is 397 g/mol. The van der Waals surface area contributed by atoms with Crippen LogP contribution in [0.2, 0.25) is 0 Å². The van der Waals surface area contributed by atoms with Crippen molar-refractivity contribution in [3.8, 4) is 11.1 Å². The van der Waals surface area contributed by atoms with Crippen molar-refractivity contribution in [3.05, 3.63) is 71.9 Å². The smallest absolute Gasteiger partial charge is 0.168 e. The molecule has 2 aromatic carbocycles. The second-order valence-corrected chi connectivity index (χ2v) is 9.44. The Morgan fingerprint density at radius 2 is 1.90 bits per heavy atom. The lowest BCUT2D eigenvalue weighted by molar-refractivity contribution is -0.128. The van der Waals surface area contributed by atoms with Crippen LogP contribution in [0.5, 0.6) is 0 Å². The molecule has 0 fully saturated rings. The predicted molar refractivity (Wildman–Crippen MR) is 124 cm³/mol. The maximum absolute atomic E-state index is 13.6. The first-order chi connectivity index (χ1) is 14.4. The lowest BCUT2D eigenvalue weighted by Crippen LogP contribution is -2.55. The van der Waals surface area contributed by atoms with E-state index in [0.717, 1.165) is 35.7 Å². The number of pyridine rings is 1. The molecule has 152 valence electrons. The highest BCUT2D eigenvalue weighted by Gasteiger charge is 2.49. The number of carbonyl (C=O) groups is 1. The zero-order chi connectivity index (χ0) is 21.1. The third-order valence-electron chi connectivity index (χ3n) is 6.99. The Balaban J connectivity index is 1.85. The van der Waals surface area contributed by atoms with Gasteiger partial charge in [0.2, 0.25) is 0 Å². The number of anilines is 1. The summed E-state index contributed by atoms with van der Waals surface area (Å²) in [5.74, 6) is 0.228. The van der Waals surface area contributed by atoms with Crippen LogP contribution in [0, 0.1) is 0 Å². The Morgan fingerprint density at radius 3 is 2.70 bits per heavy atom. The van der Waals surface area contributed by atoms with Crippen molar-refractivity contribution < 1.29 is 4.79 Å². The van der Waals surface area contributed by atoms with E-state index >= 15 is 0 Å². The van der Waals surface area contributed by atoms with E-state index in [9.17, 15) is 4.79 Å². The fourth-order valence-corrected chi connectivity index (χ4v) is 5.61. The number of rotatable bonds is 3. The lowest BCUT2D eigenvalue weighted by Gasteiger charge is -2.44. The summed E-state index contributed by atoms with van der Waals surface area (Å²) < 4.78 is 0. The maximum Gasteiger partial charge on any atom is 0.168 e. The van der Waals surface area contributed by atoms with E-state index in [2.05, 4.69) is 54.1 Å². The molecular formula is C27H28N2O. The van der Waals surface area contributed by atoms with E-state index in [1.54, 1.807) is 0 Å². The van der Waals surface area contributed by atoms with Gasteiger partial charge in [0.15, 0.2) is 5.78 Å². The van der Waals surface area contributed by atoms with Crippen molar-refractivity contribution >= 4 is 22.4 Å². The number of carbonyl (C=O) groups excluding carboxylic acids is 1. The molecule has 1 aliphatic carbocycles. The van der Waals surface area contributed by atoms with Crippen molar-refractivity contribution in [1.29, 1.82) is 0 Å². The predicted octanol–water partition coefficient (Wildman–Crippen LogP) is 6.00. The van der Waals surface area contributed by atoms with E-state index in [-0.39, 0.29) is 5.78 Å². The Labute approximate surface area is 178 Å². The zero-order valence-electron chi connectivity index (χ0n) is 18.0. The second kappa shape index (κ2) is 6.53. The summed E-state index contributed by atoms with van der Waals surface area (Å²) in [4.78, 5) is 18.1. The van der Waals surface area contributed by atoms with Crippen LogP contribution in [-0.2, 0) is 23.1 Å². The monoisotopic (exact) mass is 396 g/mol. The second-order valence-electron chi connectivity index (χ2n) is 9.44. The van der Waals surface area contributed by atoms with Gasteiger partial charge < -0.3 is 5.32 Å². The normalized spacial score (nSPS) is 21.8. The van der Waals surface area contributed by atoms with Crippen molar-refractivity contribution in [3.63, 3.8) is 0 Å². The lowest BCUT2D eigenvalue weighted by atomic mass is 9.65. The molecule has 3 nitrogen and oxygen atoms in total. The standard InChI is InChI=1S/C27H28N2O/c1-5-14-27(4)22-16-21(17-10-7-13-23-19(17)12-8-15-28-23)18-9-6-11-20(18)24(22)29-26(2,3)25(27)30/h5,7-8,10,12-13,15-16,29H,1,6,9,11,14H2,2-4H3. The van der Waals surface area contributed by atoms with Crippen LogP contribution in [0.1, 0.15) is 50.3 Å². The van der Waals surface area contributed by atoms with Crippen LogP contribution < -0.4 is 5.32 Å². The quantitative estimate of drug-likeness (QED) is 0.552. The molecule has 2 heterocycles. The van der Waals surface area contributed by atoms with Crippen LogP contribution in [0.25, 0.3) is 22.0 Å². The van der Waals surface area contributed by atoms with Gasteiger partial charge in [-0.3, -0.25) is 9.78 Å². The maximum atomic E-state index is 13.6. The van der Waals surface area contributed by atoms with E-state index in [0.29, 0.717) is 6.42 Å². The van der Waals surface area contributed by atoms with Crippen LogP contribution in [0.3, 0.4) is 0 Å². The number of nitrogens with one attached hydrogen (secondary N) is 1. The summed E-state index contributed by atoms with van der Waals surface area (Å²) in [5.41, 5.74) is 7.39. The molecule has 0 radical (unpaired) electrons. The SMILES string of the molecule is C=CCC1(C)C(=O)C(C)(C)Nc2c1cc(-c1cccc3ncccc13)c1c2CCC1. The molecule has 1 N–H and O–H groups in total. The summed E-state index contributed by atoms with van der Waals surface area (Å²) in [6, 6.07) is 12.8. The summed E-state index contributed by atoms with van der Waals surface area (Å²) in [7, 11) is 0. The van der Waals surface area contributed by atoms with Gasteiger partial charge in [0.1, 0.15) is 0 Å². The molecular weight excluding hydrogens is 368 g/mol. The number of nitrogens with zero attached hydrogens (tertiary/aromatic N) is 1. The minimum absolute atomic E-state index is 0.228. The first kappa shape index (κ1) is 19.0. The van der Waals surface area contributed by atoms with Crippen molar-refractivity contribution in [1.82, 2.24) is 4.98 Å². The van der Waals surface area contributed by atoms with Crippen molar-refractivity contribution in [2.75, 3.05) is 5.32 Å². The number of fused-ring (bicyclic) bond motifs is 4. The number of allylic oxidation sites excluding steroid dienone is 1. The zero-order valence-corrected chi connectivity index (χ0v) is 18.0. The van der Waals surface area contributed by atoms with Crippen LogP contribution >= 0.6 is 0 Å². The molecule has 0 bridgehead atoms. The third kappa shape index (κ3) is 2.57. The fourth-order valence-electron chi connectivity index (χ4n) is 5.61. The van der Waals surface area contributed by atoms with Gasteiger partial charge in [0.05, 0.1) is 16.5 Å². The van der Waals surface area contributed by atoms with Gasteiger partial charge >= 0.3 is 0 Å². The number of ketones is 1. The van der Waals surface area contributed by atoms with Crippen LogP contribution in [0.4, 0.5) is 5.69 Å². The van der Waals surface area contributed by atoms with Gasteiger partial charge in [0, 0.05) is 17.3 Å². The van der Waals surface area contributed by atoms with E-state index in [1.807, 2.05) is 32.2 Å². The third-order valence-corrected chi connectivity index (χ3v) is 6.99. The van der Waals surface area contributed by atoms with E-state index in [1.165, 1.54) is 27.9 Å². The number of hydrogen-bond acceptors (Lipinski definition) is 3. The highest BCUT2D eigenvalue weighted by Crippen LogP contribution is 2.50. The highest BCUT2D eigenvalue weighted by molar-refractivity contribution is 6.05. The Bertz CT molecular complexity index is 1200. The van der Waals surface area contributed by atoms with Crippen LogP contribution in [0.15, 0.2) is 55.3 Å². The number of hydrogen-bond donors (Lipinski definition) is 1. The first-order valence-electron chi connectivity index (χ1n) is 10.8. The summed E-state index contributed by atoms with van der Waals surface area (Å²) >= 11 is 0. The molecule has 0 amide bonds. The Morgan fingerprint density at radius 1 is 1.10 bits per heavy atom. The molecule has 1 unspecified atom stereocenters. The summed E-state index contributed by atoms with van der Waals surface area (Å²) in [6.07, 6.45) is 7.64. The Hall–Kier alpha value is -2.94. The van der Waals surface area contributed by atoms with Crippen molar-refractivity contribution in [2.45, 2.75) is 57.4 Å². The highest BCUT2D eigenvalue weighted by atomic mass is 16.1. The van der Waals surface area contributed by atoms with Crippen LogP contribution in [-0.4, -0.2) is 16.3 Å². The first-order valence-corrected chi connectivity index (χ1v) is 10.8. The average Bonchev–Trinajstić information content (AvgIpc) is 3.22. The number of aromatic nitrogens is 1. The van der Waals surface area contributed by atoms with Gasteiger partial charge in [-0.1, -0.05) is 24.3 Å². The molecule has 1 atom stereocenters. The van der Waals surface area contributed by atoms with E-state index < -0.39 is 11.0 Å². The summed E-state index contributed by atoms with van der Waals surface area (Å²) in [6.45, 7) is 10.1. The number of benzene rings is 2. The van der Waals surface area contributed by atoms with Gasteiger partial charge in [-0.2, -0.15) is 0 Å². The van der Waals surface area contributed by atoms with E-state index in [4.69, 9.17) is 0 Å². The molecule has 30 heavy (non-hydrogen) atoms. The molecule has 3 heteroatoms. The molecule has 0 saturated heterocycles. The molecule has 0 saturated carbocycles. The van der Waals surface area contributed by atoms with Gasteiger partial charge in [0.25, 0.3) is 0 Å². The molecule has 1 aliphatic heterocycles. The molecule has 0 spiro atoms. The fraction of sp³-hybridized carbons (Fsp3) is 0.333. The molecule has 3 aromatic rings. The Kier molecular flexibility index (Phi) is 4.15. The summed E-state index contributed by atoms with van der Waals surface area (Å²) in [5, 5.41) is 4.78. The van der Waals surface area contributed by atoms with Gasteiger partial charge in [-0.25, -0.2) is 0 Å².